The highest BCUT2D eigenvalue weighted by Gasteiger charge is 2.22. The van der Waals surface area contributed by atoms with Gasteiger partial charge in [-0.3, -0.25) is 9.69 Å². The van der Waals surface area contributed by atoms with Crippen LogP contribution >= 0.6 is 11.3 Å². The number of piperazine rings is 1. The van der Waals surface area contributed by atoms with E-state index in [2.05, 4.69) is 28.9 Å². The van der Waals surface area contributed by atoms with Crippen molar-refractivity contribution in [2.45, 2.75) is 26.8 Å². The molecule has 124 valence electrons. The zero-order valence-electron chi connectivity index (χ0n) is 13.6. The van der Waals surface area contributed by atoms with Crippen LogP contribution in [0, 0.1) is 5.92 Å². The van der Waals surface area contributed by atoms with Gasteiger partial charge in [0.2, 0.25) is 5.91 Å². The molecule has 2 aromatic rings. The summed E-state index contributed by atoms with van der Waals surface area (Å²) in [4.78, 5) is 21.7. The van der Waals surface area contributed by atoms with Gasteiger partial charge in [-0.2, -0.15) is 4.98 Å². The molecule has 3 rings (SSSR count). The largest absolute Gasteiger partial charge is 0.340 e. The minimum Gasteiger partial charge on any atom is -0.340 e. The molecule has 0 atom stereocenters. The van der Waals surface area contributed by atoms with Crippen LogP contribution in [0.5, 0.6) is 0 Å². The normalized spacial score (nSPS) is 16.2. The van der Waals surface area contributed by atoms with Gasteiger partial charge in [-0.1, -0.05) is 25.1 Å². The van der Waals surface area contributed by atoms with E-state index in [0.717, 1.165) is 31.1 Å². The second-order valence-electron chi connectivity index (χ2n) is 6.25. The summed E-state index contributed by atoms with van der Waals surface area (Å²) in [6.45, 7) is 8.09. The van der Waals surface area contributed by atoms with Gasteiger partial charge in [-0.25, -0.2) is 0 Å². The summed E-state index contributed by atoms with van der Waals surface area (Å²) in [6, 6.07) is 3.94. The highest BCUT2D eigenvalue weighted by molar-refractivity contribution is 7.13. The highest BCUT2D eigenvalue weighted by Crippen LogP contribution is 2.22. The van der Waals surface area contributed by atoms with Crippen LogP contribution in [0.25, 0.3) is 10.8 Å². The number of amides is 1. The van der Waals surface area contributed by atoms with Crippen LogP contribution in [0.4, 0.5) is 0 Å². The number of aromatic nitrogens is 2. The third-order valence-electron chi connectivity index (χ3n) is 3.87. The molecule has 1 fully saturated rings. The van der Waals surface area contributed by atoms with E-state index < -0.39 is 0 Å². The van der Waals surface area contributed by atoms with Gasteiger partial charge in [0, 0.05) is 32.6 Å². The highest BCUT2D eigenvalue weighted by atomic mass is 32.1. The fourth-order valence-electron chi connectivity index (χ4n) is 2.65. The quantitative estimate of drug-likeness (QED) is 0.840. The SMILES string of the molecule is CC(C)CC(=O)N1CCN(Cc2noc(-c3cccs3)n2)CC1. The first-order valence-corrected chi connectivity index (χ1v) is 8.86. The Balaban J connectivity index is 1.50. The molecule has 0 saturated carbocycles. The molecule has 0 unspecified atom stereocenters. The fraction of sp³-hybridized carbons (Fsp3) is 0.562. The van der Waals surface area contributed by atoms with Gasteiger partial charge in [0.05, 0.1) is 11.4 Å². The molecule has 0 N–H and O–H groups in total. The van der Waals surface area contributed by atoms with E-state index in [4.69, 9.17) is 4.52 Å². The molecule has 1 amide bonds. The van der Waals surface area contributed by atoms with Crippen molar-refractivity contribution in [1.82, 2.24) is 19.9 Å². The van der Waals surface area contributed by atoms with E-state index in [-0.39, 0.29) is 5.91 Å². The third kappa shape index (κ3) is 4.17. The molecule has 1 saturated heterocycles. The van der Waals surface area contributed by atoms with Gasteiger partial charge in [-0.15, -0.1) is 11.3 Å². The van der Waals surface area contributed by atoms with Crippen LogP contribution in [-0.4, -0.2) is 52.0 Å². The number of hydrogen-bond donors (Lipinski definition) is 0. The topological polar surface area (TPSA) is 62.5 Å². The molecular formula is C16H22N4O2S. The molecule has 0 radical (unpaired) electrons. The maximum absolute atomic E-state index is 12.1. The molecule has 3 heterocycles. The Labute approximate surface area is 140 Å². The Morgan fingerprint density at radius 3 is 2.78 bits per heavy atom. The van der Waals surface area contributed by atoms with Gasteiger partial charge in [0.25, 0.3) is 5.89 Å². The molecule has 7 heteroatoms. The maximum atomic E-state index is 12.1. The predicted octanol–water partition coefficient (Wildman–Crippen LogP) is 2.49. The van der Waals surface area contributed by atoms with Gasteiger partial charge >= 0.3 is 0 Å². The Hall–Kier alpha value is -1.73. The summed E-state index contributed by atoms with van der Waals surface area (Å²) in [7, 11) is 0. The molecular weight excluding hydrogens is 312 g/mol. The van der Waals surface area contributed by atoms with Crippen molar-refractivity contribution in [3.05, 3.63) is 23.3 Å². The van der Waals surface area contributed by atoms with Crippen LogP contribution in [0.1, 0.15) is 26.1 Å². The maximum Gasteiger partial charge on any atom is 0.268 e. The van der Waals surface area contributed by atoms with Crippen molar-refractivity contribution in [2.75, 3.05) is 26.2 Å². The lowest BCUT2D eigenvalue weighted by molar-refractivity contribution is -0.133. The van der Waals surface area contributed by atoms with Crippen LogP contribution in [0.15, 0.2) is 22.0 Å². The molecule has 0 aliphatic carbocycles. The number of hydrogen-bond acceptors (Lipinski definition) is 6. The summed E-state index contributed by atoms with van der Waals surface area (Å²) < 4.78 is 5.31. The second kappa shape index (κ2) is 7.23. The number of rotatable bonds is 5. The van der Waals surface area contributed by atoms with Gasteiger partial charge in [0.15, 0.2) is 5.82 Å². The summed E-state index contributed by atoms with van der Waals surface area (Å²) in [5.74, 6) is 1.96. The van der Waals surface area contributed by atoms with Crippen molar-refractivity contribution in [1.29, 1.82) is 0 Å². The summed E-state index contributed by atoms with van der Waals surface area (Å²) in [5.41, 5.74) is 0. The third-order valence-corrected chi connectivity index (χ3v) is 4.73. The van der Waals surface area contributed by atoms with E-state index in [1.54, 1.807) is 11.3 Å². The first-order valence-electron chi connectivity index (χ1n) is 7.98. The van der Waals surface area contributed by atoms with E-state index in [9.17, 15) is 4.79 Å². The zero-order chi connectivity index (χ0) is 16.2. The average Bonchev–Trinajstić information content (AvgIpc) is 3.18. The summed E-state index contributed by atoms with van der Waals surface area (Å²) >= 11 is 1.59. The average molecular weight is 334 g/mol. The first kappa shape index (κ1) is 16.1. The summed E-state index contributed by atoms with van der Waals surface area (Å²) in [5, 5.41) is 6.05. The van der Waals surface area contributed by atoms with Gasteiger partial charge in [-0.05, 0) is 17.4 Å². The smallest absolute Gasteiger partial charge is 0.268 e. The Morgan fingerprint density at radius 1 is 1.35 bits per heavy atom. The van der Waals surface area contributed by atoms with Crippen molar-refractivity contribution in [3.63, 3.8) is 0 Å². The van der Waals surface area contributed by atoms with E-state index in [1.165, 1.54) is 0 Å². The van der Waals surface area contributed by atoms with E-state index in [0.29, 0.717) is 30.6 Å². The molecule has 2 aromatic heterocycles. The Bertz CT molecular complexity index is 630. The first-order chi connectivity index (χ1) is 11.1. The van der Waals surface area contributed by atoms with Crippen molar-refractivity contribution in [2.24, 2.45) is 5.92 Å². The Morgan fingerprint density at radius 2 is 2.13 bits per heavy atom. The number of thiophene rings is 1. The lowest BCUT2D eigenvalue weighted by Gasteiger charge is -2.34. The predicted molar refractivity (Wildman–Crippen MR) is 88.9 cm³/mol. The Kier molecular flexibility index (Phi) is 5.07. The van der Waals surface area contributed by atoms with Crippen LogP contribution in [-0.2, 0) is 11.3 Å². The van der Waals surface area contributed by atoms with E-state index in [1.807, 2.05) is 22.4 Å². The van der Waals surface area contributed by atoms with Crippen LogP contribution < -0.4 is 0 Å². The molecule has 1 aliphatic heterocycles. The minimum absolute atomic E-state index is 0.263. The van der Waals surface area contributed by atoms with Crippen LogP contribution in [0.2, 0.25) is 0 Å². The van der Waals surface area contributed by atoms with Crippen molar-refractivity contribution in [3.8, 4) is 10.8 Å². The molecule has 23 heavy (non-hydrogen) atoms. The standard InChI is InChI=1S/C16H22N4O2S/c1-12(2)10-15(21)20-7-5-19(6-8-20)11-14-17-16(22-18-14)13-4-3-9-23-13/h3-4,9,12H,5-8,10-11H2,1-2H3. The number of carbonyl (C=O) groups excluding carboxylic acids is 1. The molecule has 0 bridgehead atoms. The zero-order valence-corrected chi connectivity index (χ0v) is 14.4. The van der Waals surface area contributed by atoms with Crippen molar-refractivity contribution >= 4 is 17.2 Å². The summed E-state index contributed by atoms with van der Waals surface area (Å²) in [6.07, 6.45) is 0.634. The minimum atomic E-state index is 0.263. The number of nitrogens with zero attached hydrogens (tertiary/aromatic N) is 4. The molecule has 0 spiro atoms. The van der Waals surface area contributed by atoms with Crippen molar-refractivity contribution < 1.29 is 9.32 Å². The lowest BCUT2D eigenvalue weighted by Crippen LogP contribution is -2.48. The van der Waals surface area contributed by atoms with Crippen LogP contribution in [0.3, 0.4) is 0 Å². The van der Waals surface area contributed by atoms with Gasteiger partial charge in [0.1, 0.15) is 0 Å². The molecule has 0 aromatic carbocycles. The van der Waals surface area contributed by atoms with Gasteiger partial charge < -0.3 is 9.42 Å². The molecule has 1 aliphatic rings. The molecule has 6 nitrogen and oxygen atoms in total. The van der Waals surface area contributed by atoms with E-state index >= 15 is 0 Å². The fourth-order valence-corrected chi connectivity index (χ4v) is 3.30. The monoisotopic (exact) mass is 334 g/mol. The second-order valence-corrected chi connectivity index (χ2v) is 7.20. The number of carbonyl (C=O) groups is 1. The lowest BCUT2D eigenvalue weighted by atomic mass is 10.1.